The Morgan fingerprint density at radius 1 is 0.944 bits per heavy atom. The Balaban J connectivity index is 2.20. The number of nitrogens with zero attached hydrogens (tertiary/aromatic N) is 1. The number of benzene rings is 2. The second-order valence-electron chi connectivity index (χ2n) is 5.07. The summed E-state index contributed by atoms with van der Waals surface area (Å²) in [5, 5.41) is 3.54. The summed E-state index contributed by atoms with van der Waals surface area (Å²) in [5.74, 6) is 0.427. The largest absolute Gasteiger partial charge is 0.377 e. The molecule has 1 unspecified atom stereocenters. The number of hydrogen-bond donors (Lipinski definition) is 1. The van der Waals surface area contributed by atoms with Crippen molar-refractivity contribution in [2.45, 2.75) is 12.8 Å². The molecule has 2 aromatic rings. The molecule has 0 saturated carbocycles. The lowest BCUT2D eigenvalue weighted by Gasteiger charge is -2.31. The molecule has 0 radical (unpaired) electrons. The lowest BCUT2D eigenvalue weighted by atomic mass is 9.86. The van der Waals surface area contributed by atoms with Crippen LogP contribution in [-0.4, -0.2) is 14.1 Å². The molecule has 0 fully saturated rings. The van der Waals surface area contributed by atoms with E-state index in [0.717, 1.165) is 0 Å². The summed E-state index contributed by atoms with van der Waals surface area (Å²) in [6, 6.07) is 15.0. The van der Waals surface area contributed by atoms with Crippen molar-refractivity contribution >= 4 is 17.1 Å². The van der Waals surface area contributed by atoms with Gasteiger partial charge < -0.3 is 10.2 Å². The van der Waals surface area contributed by atoms with Crippen molar-refractivity contribution in [3.8, 4) is 0 Å². The van der Waals surface area contributed by atoms with E-state index in [-0.39, 0.29) is 0 Å². The predicted octanol–water partition coefficient (Wildman–Crippen LogP) is 3.96. The van der Waals surface area contributed by atoms with Gasteiger partial charge in [-0.25, -0.2) is 0 Å². The van der Waals surface area contributed by atoms with Crippen molar-refractivity contribution in [1.82, 2.24) is 0 Å². The predicted molar refractivity (Wildman–Crippen MR) is 78.0 cm³/mol. The second-order valence-corrected chi connectivity index (χ2v) is 5.07. The highest BCUT2D eigenvalue weighted by atomic mass is 15.1. The lowest BCUT2D eigenvalue weighted by molar-refractivity contribution is 0.900. The fourth-order valence-corrected chi connectivity index (χ4v) is 2.80. The summed E-state index contributed by atoms with van der Waals surface area (Å²) in [7, 11) is 4.20. The minimum atomic E-state index is 0.427. The zero-order valence-corrected chi connectivity index (χ0v) is 11.1. The van der Waals surface area contributed by atoms with Crippen LogP contribution in [0.2, 0.25) is 0 Å². The Hall–Kier alpha value is -1.96. The number of fused-ring (bicyclic) bond motifs is 2. The average molecular weight is 238 g/mol. The SMILES string of the molecule is CC1c2ccccc2Nc2cccc(N(C)C)c21. The molecule has 0 spiro atoms. The third-order valence-corrected chi connectivity index (χ3v) is 3.69. The molecule has 0 bridgehead atoms. The summed E-state index contributed by atoms with van der Waals surface area (Å²) in [6.45, 7) is 2.28. The van der Waals surface area contributed by atoms with Crippen molar-refractivity contribution in [2.24, 2.45) is 0 Å². The van der Waals surface area contributed by atoms with Gasteiger partial charge in [-0.2, -0.15) is 0 Å². The molecule has 2 aromatic carbocycles. The van der Waals surface area contributed by atoms with Gasteiger partial charge in [-0.15, -0.1) is 0 Å². The zero-order valence-electron chi connectivity index (χ0n) is 11.1. The molecule has 0 saturated heterocycles. The Bertz CT molecular complexity index is 587. The van der Waals surface area contributed by atoms with Gasteiger partial charge in [-0.1, -0.05) is 31.2 Å². The molecule has 1 aliphatic rings. The summed E-state index contributed by atoms with van der Waals surface area (Å²) < 4.78 is 0. The standard InChI is InChI=1S/C16H18N2/c1-11-12-7-4-5-8-13(12)17-14-9-6-10-15(16(11)14)18(2)3/h4-11,17H,1-3H3. The minimum absolute atomic E-state index is 0.427. The number of rotatable bonds is 1. The number of hydrogen-bond acceptors (Lipinski definition) is 2. The van der Waals surface area contributed by atoms with E-state index in [1.165, 1.54) is 28.2 Å². The van der Waals surface area contributed by atoms with Crippen LogP contribution >= 0.6 is 0 Å². The van der Waals surface area contributed by atoms with Crippen LogP contribution in [0.25, 0.3) is 0 Å². The fraction of sp³-hybridized carbons (Fsp3) is 0.250. The monoisotopic (exact) mass is 238 g/mol. The summed E-state index contributed by atoms with van der Waals surface area (Å²) >= 11 is 0. The first-order chi connectivity index (χ1) is 8.68. The number of anilines is 3. The van der Waals surface area contributed by atoms with E-state index in [2.05, 4.69) is 73.7 Å². The van der Waals surface area contributed by atoms with Crippen molar-refractivity contribution in [3.63, 3.8) is 0 Å². The van der Waals surface area contributed by atoms with E-state index >= 15 is 0 Å². The van der Waals surface area contributed by atoms with Crippen LogP contribution in [0.5, 0.6) is 0 Å². The second kappa shape index (κ2) is 4.05. The van der Waals surface area contributed by atoms with Gasteiger partial charge >= 0.3 is 0 Å². The van der Waals surface area contributed by atoms with Crippen LogP contribution in [-0.2, 0) is 0 Å². The molecule has 0 aliphatic carbocycles. The molecule has 1 N–H and O–H groups in total. The van der Waals surface area contributed by atoms with Crippen LogP contribution in [0.15, 0.2) is 42.5 Å². The van der Waals surface area contributed by atoms with E-state index in [4.69, 9.17) is 0 Å². The minimum Gasteiger partial charge on any atom is -0.377 e. The Labute approximate surface area is 108 Å². The molecule has 3 rings (SSSR count). The average Bonchev–Trinajstić information content (AvgIpc) is 2.38. The molecule has 18 heavy (non-hydrogen) atoms. The third kappa shape index (κ3) is 1.57. The van der Waals surface area contributed by atoms with Gasteiger partial charge in [0.2, 0.25) is 0 Å². The Kier molecular flexibility index (Phi) is 2.51. The quantitative estimate of drug-likeness (QED) is 0.809. The maximum atomic E-state index is 3.54. The van der Waals surface area contributed by atoms with Gasteiger partial charge in [0.1, 0.15) is 0 Å². The van der Waals surface area contributed by atoms with Crippen LogP contribution in [0, 0.1) is 0 Å². The summed E-state index contributed by atoms with van der Waals surface area (Å²) in [5.41, 5.74) is 6.52. The maximum Gasteiger partial charge on any atom is 0.0443 e. The third-order valence-electron chi connectivity index (χ3n) is 3.69. The van der Waals surface area contributed by atoms with Gasteiger partial charge in [-0.05, 0) is 23.8 Å². The van der Waals surface area contributed by atoms with Gasteiger partial charge in [0, 0.05) is 42.6 Å². The molecule has 1 aliphatic heterocycles. The van der Waals surface area contributed by atoms with E-state index in [1.807, 2.05) is 0 Å². The lowest BCUT2D eigenvalue weighted by Crippen LogP contribution is -2.17. The van der Waals surface area contributed by atoms with E-state index in [0.29, 0.717) is 5.92 Å². The van der Waals surface area contributed by atoms with Crippen molar-refractivity contribution in [3.05, 3.63) is 53.6 Å². The number of nitrogens with one attached hydrogen (secondary N) is 1. The Morgan fingerprint density at radius 3 is 2.44 bits per heavy atom. The number of para-hydroxylation sites is 1. The first kappa shape index (κ1) is 11.1. The molecule has 1 atom stereocenters. The van der Waals surface area contributed by atoms with E-state index in [9.17, 15) is 0 Å². The molecule has 92 valence electrons. The van der Waals surface area contributed by atoms with Crippen molar-refractivity contribution in [2.75, 3.05) is 24.3 Å². The Morgan fingerprint density at radius 2 is 1.67 bits per heavy atom. The fourth-order valence-electron chi connectivity index (χ4n) is 2.80. The van der Waals surface area contributed by atoms with Crippen LogP contribution < -0.4 is 10.2 Å². The molecule has 2 nitrogen and oxygen atoms in total. The molecule has 0 aromatic heterocycles. The van der Waals surface area contributed by atoms with Gasteiger partial charge in [0.15, 0.2) is 0 Å². The topological polar surface area (TPSA) is 15.3 Å². The molecular formula is C16H18N2. The smallest absolute Gasteiger partial charge is 0.0443 e. The molecule has 2 heteroatoms. The summed E-state index contributed by atoms with van der Waals surface area (Å²) in [6.07, 6.45) is 0. The first-order valence-electron chi connectivity index (χ1n) is 6.34. The van der Waals surface area contributed by atoms with Crippen LogP contribution in [0.1, 0.15) is 24.0 Å². The molecule has 1 heterocycles. The highest BCUT2D eigenvalue weighted by Gasteiger charge is 2.24. The van der Waals surface area contributed by atoms with E-state index in [1.54, 1.807) is 0 Å². The van der Waals surface area contributed by atoms with Crippen molar-refractivity contribution in [1.29, 1.82) is 0 Å². The highest BCUT2D eigenvalue weighted by molar-refractivity contribution is 5.79. The molecule has 0 amide bonds. The normalized spacial score (nSPS) is 16.5. The first-order valence-corrected chi connectivity index (χ1v) is 6.34. The van der Waals surface area contributed by atoms with Crippen LogP contribution in [0.3, 0.4) is 0 Å². The summed E-state index contributed by atoms with van der Waals surface area (Å²) in [4.78, 5) is 2.19. The van der Waals surface area contributed by atoms with Crippen LogP contribution in [0.4, 0.5) is 17.1 Å². The highest BCUT2D eigenvalue weighted by Crippen LogP contribution is 2.44. The van der Waals surface area contributed by atoms with Gasteiger partial charge in [-0.3, -0.25) is 0 Å². The van der Waals surface area contributed by atoms with Gasteiger partial charge in [0.05, 0.1) is 0 Å². The zero-order chi connectivity index (χ0) is 12.7. The van der Waals surface area contributed by atoms with Gasteiger partial charge in [0.25, 0.3) is 0 Å². The molecular weight excluding hydrogens is 220 g/mol. The van der Waals surface area contributed by atoms with E-state index < -0.39 is 0 Å². The maximum absolute atomic E-state index is 3.54. The van der Waals surface area contributed by atoms with Crippen molar-refractivity contribution < 1.29 is 0 Å².